The second kappa shape index (κ2) is 10.1. The quantitative estimate of drug-likeness (QED) is 0.383. The van der Waals surface area contributed by atoms with E-state index in [1.54, 1.807) is 4.90 Å². The van der Waals surface area contributed by atoms with Crippen molar-refractivity contribution in [3.63, 3.8) is 0 Å². The Labute approximate surface area is 191 Å². The maximum Gasteiger partial charge on any atom is 0.183 e. The fraction of sp³-hybridized carbons (Fsp3) is 1.00. The maximum atomic E-state index is 6.20. The highest BCUT2D eigenvalue weighted by Crippen LogP contribution is 2.32. The fourth-order valence-corrected chi connectivity index (χ4v) is 7.24. The molecule has 0 aromatic carbocycles. The highest BCUT2D eigenvalue weighted by atomic mass is 16.7. The van der Waals surface area contributed by atoms with Gasteiger partial charge in [-0.3, -0.25) is 10.2 Å². The Morgan fingerprint density at radius 1 is 1.00 bits per heavy atom. The summed E-state index contributed by atoms with van der Waals surface area (Å²) in [6, 6.07) is 0.552. The molecule has 5 N–H and O–H groups in total. The molecule has 5 aliphatic heterocycles. The molecule has 9 nitrogen and oxygen atoms in total. The number of hydroxylamine groups is 1. The van der Waals surface area contributed by atoms with E-state index < -0.39 is 0 Å². The van der Waals surface area contributed by atoms with Gasteiger partial charge in [-0.2, -0.15) is 5.48 Å². The maximum absolute atomic E-state index is 6.20. The first-order chi connectivity index (χ1) is 15.8. The number of piperidine rings is 1. The van der Waals surface area contributed by atoms with Gasteiger partial charge in [0, 0.05) is 50.6 Å². The lowest BCUT2D eigenvalue weighted by atomic mass is 9.85. The van der Waals surface area contributed by atoms with E-state index in [0.717, 1.165) is 38.6 Å². The normalized spacial score (nSPS) is 48.2. The molecule has 0 bridgehead atoms. The van der Waals surface area contributed by atoms with Crippen molar-refractivity contribution in [1.82, 2.24) is 15.7 Å². The van der Waals surface area contributed by atoms with Crippen molar-refractivity contribution in [2.45, 2.75) is 81.8 Å². The van der Waals surface area contributed by atoms with Gasteiger partial charge in [-0.15, -0.1) is 0 Å². The van der Waals surface area contributed by atoms with Crippen molar-refractivity contribution in [3.05, 3.63) is 0 Å². The van der Waals surface area contributed by atoms with E-state index in [9.17, 15) is 0 Å². The summed E-state index contributed by atoms with van der Waals surface area (Å²) in [5, 5.41) is 6.41. The Hall–Kier alpha value is -0.360. The zero-order valence-electron chi connectivity index (χ0n) is 19.4. The number of hydrogen-bond donors (Lipinski definition) is 4. The van der Waals surface area contributed by atoms with Crippen molar-refractivity contribution in [2.75, 3.05) is 52.7 Å². The lowest BCUT2D eigenvalue weighted by molar-refractivity contribution is -0.919. The average Bonchev–Trinajstić information content (AvgIpc) is 3.60. The van der Waals surface area contributed by atoms with Gasteiger partial charge >= 0.3 is 0 Å². The lowest BCUT2D eigenvalue weighted by Gasteiger charge is -2.38. The zero-order valence-corrected chi connectivity index (χ0v) is 19.4. The molecule has 6 rings (SSSR count). The van der Waals surface area contributed by atoms with Crippen LogP contribution in [0.5, 0.6) is 0 Å². The molecular formula is C23H43N5O4+2. The predicted octanol–water partition coefficient (Wildman–Crippen LogP) is -2.02. The van der Waals surface area contributed by atoms with Crippen LogP contribution in [0.2, 0.25) is 0 Å². The molecule has 5 saturated heterocycles. The van der Waals surface area contributed by atoms with Gasteiger partial charge in [0.2, 0.25) is 0 Å². The molecule has 9 atom stereocenters. The third-order valence-corrected chi connectivity index (χ3v) is 9.03. The van der Waals surface area contributed by atoms with Crippen LogP contribution in [0, 0.1) is 11.8 Å². The van der Waals surface area contributed by atoms with Gasteiger partial charge in [0.05, 0.1) is 51.2 Å². The number of nitrogens with zero attached hydrogens (tertiary/aromatic N) is 1. The molecule has 5 heterocycles. The van der Waals surface area contributed by atoms with Crippen molar-refractivity contribution in [3.8, 4) is 0 Å². The minimum atomic E-state index is 0.132. The molecule has 0 amide bonds. The van der Waals surface area contributed by atoms with E-state index in [2.05, 4.69) is 21.0 Å². The minimum absolute atomic E-state index is 0.132. The Balaban J connectivity index is 1.01. The fourth-order valence-electron chi connectivity index (χ4n) is 7.24. The van der Waals surface area contributed by atoms with Crippen molar-refractivity contribution in [2.24, 2.45) is 11.8 Å². The van der Waals surface area contributed by atoms with Gasteiger partial charge in [0.1, 0.15) is 19.0 Å². The number of fused-ring (bicyclic) bond motifs is 1. The van der Waals surface area contributed by atoms with E-state index in [1.807, 2.05) is 0 Å². The minimum Gasteiger partial charge on any atom is -0.379 e. The first-order valence-corrected chi connectivity index (χ1v) is 13.2. The number of rotatable bonds is 5. The summed E-state index contributed by atoms with van der Waals surface area (Å²) in [5.74, 6) is 1.37. The van der Waals surface area contributed by atoms with Crippen LogP contribution in [0.4, 0.5) is 0 Å². The third-order valence-electron chi connectivity index (χ3n) is 9.03. The highest BCUT2D eigenvalue weighted by molar-refractivity contribution is 4.87. The number of hydrogen-bond acceptors (Lipinski definition) is 7. The number of morpholine rings is 1. The summed E-state index contributed by atoms with van der Waals surface area (Å²) in [4.78, 5) is 10.5. The molecule has 1 saturated carbocycles. The van der Waals surface area contributed by atoms with Crippen LogP contribution in [0.25, 0.3) is 0 Å². The Morgan fingerprint density at radius 2 is 1.91 bits per heavy atom. The molecule has 0 radical (unpaired) electrons. The second-order valence-corrected chi connectivity index (χ2v) is 10.9. The Bertz CT molecular complexity index is 623. The highest BCUT2D eigenvalue weighted by Gasteiger charge is 2.46. The lowest BCUT2D eigenvalue weighted by Crippen LogP contribution is -3.16. The number of likely N-dealkylation sites (tertiary alicyclic amines) is 1. The van der Waals surface area contributed by atoms with Crippen LogP contribution in [-0.2, 0) is 19.0 Å². The molecule has 0 aromatic heterocycles. The summed E-state index contributed by atoms with van der Waals surface area (Å²) in [7, 11) is 0. The van der Waals surface area contributed by atoms with Crippen molar-refractivity contribution in [1.29, 1.82) is 0 Å². The van der Waals surface area contributed by atoms with Crippen LogP contribution >= 0.6 is 0 Å². The van der Waals surface area contributed by atoms with Gasteiger partial charge in [0.25, 0.3) is 0 Å². The second-order valence-electron chi connectivity index (χ2n) is 10.9. The number of quaternary nitrogens is 2. The van der Waals surface area contributed by atoms with E-state index in [1.165, 1.54) is 58.2 Å². The molecule has 32 heavy (non-hydrogen) atoms. The standard InChI is InChI=1S/C23H41N5O4/c1-2-18(28(7-1)14-16-3-4-19-20(12-16)31-15-30-19)23-25-22(26-32-23)17-5-6-24-21(13-17)27-8-10-29-11-9-27/h16-26H,1-15H2/p+2/t16?,17?,18-,19?,20?,21?,22?,23?/m0/s1. The van der Waals surface area contributed by atoms with Gasteiger partial charge in [-0.25, -0.2) is 4.90 Å². The van der Waals surface area contributed by atoms with E-state index in [0.29, 0.717) is 37.1 Å². The number of nitrogens with two attached hydrogens (primary N) is 1. The van der Waals surface area contributed by atoms with Crippen LogP contribution < -0.4 is 21.0 Å². The van der Waals surface area contributed by atoms with Crippen LogP contribution in [-0.4, -0.2) is 94.4 Å². The van der Waals surface area contributed by atoms with E-state index in [-0.39, 0.29) is 12.4 Å². The Kier molecular flexibility index (Phi) is 6.98. The van der Waals surface area contributed by atoms with Gasteiger partial charge in [-0.05, 0) is 19.3 Å². The molecule has 8 unspecified atom stereocenters. The molecule has 1 aliphatic carbocycles. The van der Waals surface area contributed by atoms with Gasteiger partial charge < -0.3 is 24.4 Å². The summed E-state index contributed by atoms with van der Waals surface area (Å²) in [6.07, 6.45) is 10.3. The van der Waals surface area contributed by atoms with Crippen LogP contribution in [0.1, 0.15) is 44.9 Å². The number of nitrogens with one attached hydrogen (secondary N) is 3. The monoisotopic (exact) mass is 453 g/mol. The van der Waals surface area contributed by atoms with Crippen LogP contribution in [0.15, 0.2) is 0 Å². The largest absolute Gasteiger partial charge is 0.379 e. The van der Waals surface area contributed by atoms with Crippen molar-refractivity contribution >= 4 is 0 Å². The molecule has 6 fully saturated rings. The first kappa shape index (κ1) is 22.1. The molecular weight excluding hydrogens is 410 g/mol. The van der Waals surface area contributed by atoms with E-state index in [4.69, 9.17) is 19.0 Å². The van der Waals surface area contributed by atoms with Gasteiger partial charge in [-0.1, -0.05) is 0 Å². The topological polar surface area (TPSA) is 85.3 Å². The van der Waals surface area contributed by atoms with Crippen LogP contribution in [0.3, 0.4) is 0 Å². The van der Waals surface area contributed by atoms with Gasteiger partial charge in [0.15, 0.2) is 6.23 Å². The average molecular weight is 454 g/mol. The SMILES string of the molecule is C1C[C@@H](C2NC(C3CC[NH2+]C(N4CCOCC4)C3)NO2)[NH+](CC2CCC3OCOC3C2)C1. The molecule has 182 valence electrons. The summed E-state index contributed by atoms with van der Waals surface area (Å²) < 4.78 is 17.1. The molecule has 0 aromatic rings. The molecule has 9 heteroatoms. The Morgan fingerprint density at radius 3 is 2.84 bits per heavy atom. The molecule has 6 aliphatic rings. The third kappa shape index (κ3) is 4.74. The van der Waals surface area contributed by atoms with E-state index >= 15 is 0 Å². The first-order valence-electron chi connectivity index (χ1n) is 13.2. The summed E-state index contributed by atoms with van der Waals surface area (Å²) in [5.41, 5.74) is 3.41. The molecule has 0 spiro atoms. The predicted molar refractivity (Wildman–Crippen MR) is 116 cm³/mol. The van der Waals surface area contributed by atoms with Crippen molar-refractivity contribution < 1.29 is 29.3 Å². The summed E-state index contributed by atoms with van der Waals surface area (Å²) >= 11 is 0. The smallest absolute Gasteiger partial charge is 0.183 e. The summed E-state index contributed by atoms with van der Waals surface area (Å²) in [6.45, 7) is 8.12. The zero-order chi connectivity index (χ0) is 21.3. The number of ether oxygens (including phenoxy) is 3.